The summed E-state index contributed by atoms with van der Waals surface area (Å²) in [6, 6.07) is 3.90. The summed E-state index contributed by atoms with van der Waals surface area (Å²) in [5.41, 5.74) is 2.14. The van der Waals surface area contributed by atoms with Crippen molar-refractivity contribution >= 4 is 28.3 Å². The van der Waals surface area contributed by atoms with E-state index in [1.807, 2.05) is 24.0 Å². The van der Waals surface area contributed by atoms with Crippen molar-refractivity contribution in [1.29, 1.82) is 0 Å². The maximum atomic E-state index is 13.0. The van der Waals surface area contributed by atoms with Crippen molar-refractivity contribution in [2.24, 2.45) is 5.92 Å². The molecule has 2 aliphatic heterocycles. The van der Waals surface area contributed by atoms with Crippen LogP contribution in [0.25, 0.3) is 0 Å². The van der Waals surface area contributed by atoms with Gasteiger partial charge in [-0.05, 0) is 18.6 Å². The molecule has 0 bridgehead atoms. The molecule has 0 spiro atoms. The first kappa shape index (κ1) is 18.0. The van der Waals surface area contributed by atoms with Gasteiger partial charge in [-0.15, -0.1) is 10.2 Å². The molecule has 0 saturated carbocycles. The van der Waals surface area contributed by atoms with Gasteiger partial charge in [0.05, 0.1) is 5.92 Å². The van der Waals surface area contributed by atoms with Crippen molar-refractivity contribution in [2.75, 3.05) is 24.6 Å². The molecular weight excluding hydrogens is 366 g/mol. The third-order valence-electron chi connectivity index (χ3n) is 4.87. The number of hydrogen-bond acceptors (Lipinski definition) is 7. The maximum Gasteiger partial charge on any atom is 0.229 e. The zero-order valence-corrected chi connectivity index (χ0v) is 15.9. The van der Waals surface area contributed by atoms with E-state index in [9.17, 15) is 9.59 Å². The van der Waals surface area contributed by atoms with Gasteiger partial charge in [0, 0.05) is 51.0 Å². The zero-order valence-electron chi connectivity index (χ0n) is 15.1. The summed E-state index contributed by atoms with van der Waals surface area (Å²) in [5.74, 6) is -0.388. The van der Waals surface area contributed by atoms with Gasteiger partial charge in [0.1, 0.15) is 11.6 Å². The van der Waals surface area contributed by atoms with Crippen molar-refractivity contribution in [3.63, 3.8) is 0 Å². The van der Waals surface area contributed by atoms with Gasteiger partial charge < -0.3 is 9.64 Å². The van der Waals surface area contributed by atoms with Crippen LogP contribution < -0.4 is 4.90 Å². The van der Waals surface area contributed by atoms with Crippen LogP contribution in [-0.4, -0.2) is 51.6 Å². The van der Waals surface area contributed by atoms with Crippen LogP contribution in [0.2, 0.25) is 0 Å². The normalized spacial score (nSPS) is 19.4. The van der Waals surface area contributed by atoms with Gasteiger partial charge in [0.2, 0.25) is 16.9 Å². The molecular formula is C18H21N5O3S. The van der Waals surface area contributed by atoms with Gasteiger partial charge in [-0.3, -0.25) is 19.5 Å². The smallest absolute Gasteiger partial charge is 0.229 e. The fraction of sp³-hybridized carbons (Fsp3) is 0.500. The Balaban J connectivity index is 1.41. The molecule has 2 aromatic rings. The second-order valence-electron chi connectivity index (χ2n) is 6.64. The lowest BCUT2D eigenvalue weighted by Gasteiger charge is -2.30. The molecule has 0 radical (unpaired) electrons. The Kier molecular flexibility index (Phi) is 5.13. The van der Waals surface area contributed by atoms with E-state index >= 15 is 0 Å². The Morgan fingerprint density at radius 1 is 1.41 bits per heavy atom. The highest BCUT2D eigenvalue weighted by Gasteiger charge is 2.39. The van der Waals surface area contributed by atoms with Gasteiger partial charge in [-0.25, -0.2) is 0 Å². The van der Waals surface area contributed by atoms with E-state index < -0.39 is 0 Å². The number of fused-ring (bicyclic) bond motifs is 1. The highest BCUT2D eigenvalue weighted by molar-refractivity contribution is 7.15. The van der Waals surface area contributed by atoms with Crippen LogP contribution in [0.15, 0.2) is 18.3 Å². The second-order valence-corrected chi connectivity index (χ2v) is 7.68. The Morgan fingerprint density at radius 3 is 3.15 bits per heavy atom. The number of carbonyl (C=O) groups is 2. The Hall–Kier alpha value is -2.39. The fourth-order valence-corrected chi connectivity index (χ4v) is 4.27. The van der Waals surface area contributed by atoms with Crippen LogP contribution in [-0.2, 0) is 33.9 Å². The van der Waals surface area contributed by atoms with Crippen LogP contribution in [0, 0.1) is 5.92 Å². The van der Waals surface area contributed by atoms with E-state index in [2.05, 4.69) is 15.2 Å². The molecule has 1 saturated heterocycles. The van der Waals surface area contributed by atoms with Crippen molar-refractivity contribution in [3.05, 3.63) is 34.6 Å². The first-order valence-electron chi connectivity index (χ1n) is 9.07. The van der Waals surface area contributed by atoms with Crippen LogP contribution in [0.4, 0.5) is 5.13 Å². The average Bonchev–Trinajstić information content (AvgIpc) is 3.31. The van der Waals surface area contributed by atoms with Crippen molar-refractivity contribution < 1.29 is 14.3 Å². The minimum atomic E-state index is -0.338. The van der Waals surface area contributed by atoms with Gasteiger partial charge >= 0.3 is 0 Å². The van der Waals surface area contributed by atoms with Crippen LogP contribution in [0.3, 0.4) is 0 Å². The van der Waals surface area contributed by atoms with E-state index in [-0.39, 0.29) is 24.2 Å². The third-order valence-corrected chi connectivity index (χ3v) is 5.79. The number of carbonyl (C=O) groups excluding carboxylic acids is 2. The predicted molar refractivity (Wildman–Crippen MR) is 99.1 cm³/mol. The number of ether oxygens (including phenoxy) is 1. The first-order chi connectivity index (χ1) is 13.2. The minimum absolute atomic E-state index is 0.0272. The maximum absolute atomic E-state index is 13.0. The molecule has 4 rings (SSSR count). The van der Waals surface area contributed by atoms with Crippen LogP contribution in [0.1, 0.15) is 29.6 Å². The summed E-state index contributed by atoms with van der Waals surface area (Å²) in [4.78, 5) is 33.2. The quantitative estimate of drug-likeness (QED) is 0.771. The molecule has 9 heteroatoms. The topological polar surface area (TPSA) is 88.5 Å². The molecule has 1 unspecified atom stereocenters. The molecule has 2 amide bonds. The van der Waals surface area contributed by atoms with Gasteiger partial charge in [0.25, 0.3) is 0 Å². The summed E-state index contributed by atoms with van der Waals surface area (Å²) >= 11 is 1.34. The molecule has 1 atom stereocenters. The molecule has 0 N–H and O–H groups in total. The number of rotatable bonds is 5. The summed E-state index contributed by atoms with van der Waals surface area (Å²) in [7, 11) is 0. The number of nitrogens with zero attached hydrogens (tertiary/aromatic N) is 5. The average molecular weight is 387 g/mol. The Labute approximate surface area is 161 Å². The van der Waals surface area contributed by atoms with Crippen molar-refractivity contribution in [3.8, 4) is 0 Å². The monoisotopic (exact) mass is 387 g/mol. The second kappa shape index (κ2) is 7.69. The highest BCUT2D eigenvalue weighted by Crippen LogP contribution is 2.30. The Morgan fingerprint density at radius 2 is 2.30 bits per heavy atom. The minimum Gasteiger partial charge on any atom is -0.374 e. The van der Waals surface area contributed by atoms with Crippen molar-refractivity contribution in [2.45, 2.75) is 32.9 Å². The number of anilines is 1. The van der Waals surface area contributed by atoms with Crippen molar-refractivity contribution in [1.82, 2.24) is 20.1 Å². The van der Waals surface area contributed by atoms with Crippen LogP contribution in [0.5, 0.6) is 0 Å². The summed E-state index contributed by atoms with van der Waals surface area (Å²) in [5, 5.41) is 9.43. The summed E-state index contributed by atoms with van der Waals surface area (Å²) in [6.45, 7) is 4.46. The standard InChI is InChI=1S/C18H21N5O3S/c1-2-26-11-15-20-21-18(27-15)23-10-13(8-16(23)24)17(25)22-7-5-14-12(9-22)4-3-6-19-14/h3-4,6,13H,2,5,7-11H2,1H3. The lowest BCUT2D eigenvalue weighted by atomic mass is 10.0. The molecule has 0 aliphatic carbocycles. The molecule has 27 heavy (non-hydrogen) atoms. The molecule has 1 fully saturated rings. The van der Waals surface area contributed by atoms with E-state index in [0.29, 0.717) is 38.0 Å². The first-order valence-corrected chi connectivity index (χ1v) is 9.89. The number of hydrogen-bond donors (Lipinski definition) is 0. The lowest BCUT2D eigenvalue weighted by molar-refractivity contribution is -0.136. The van der Waals surface area contributed by atoms with E-state index in [1.165, 1.54) is 11.3 Å². The number of pyridine rings is 1. The largest absolute Gasteiger partial charge is 0.374 e. The zero-order chi connectivity index (χ0) is 18.8. The van der Waals surface area contributed by atoms with Gasteiger partial charge in [-0.2, -0.15) is 0 Å². The third kappa shape index (κ3) is 3.70. The summed E-state index contributed by atoms with van der Waals surface area (Å²) < 4.78 is 5.33. The lowest BCUT2D eigenvalue weighted by Crippen LogP contribution is -2.40. The van der Waals surface area contributed by atoms with E-state index in [4.69, 9.17) is 4.74 Å². The van der Waals surface area contributed by atoms with E-state index in [1.54, 1.807) is 11.1 Å². The molecule has 4 heterocycles. The molecule has 0 aromatic carbocycles. The molecule has 8 nitrogen and oxygen atoms in total. The SMILES string of the molecule is CCOCc1nnc(N2CC(C(=O)N3CCc4ncccc4C3)CC2=O)s1. The Bertz CT molecular complexity index is 855. The summed E-state index contributed by atoms with van der Waals surface area (Å²) in [6.07, 6.45) is 2.75. The molecule has 2 aliphatic rings. The predicted octanol–water partition coefficient (Wildman–Crippen LogP) is 1.41. The molecule has 2 aromatic heterocycles. The number of amides is 2. The van der Waals surface area contributed by atoms with E-state index in [0.717, 1.165) is 22.7 Å². The fourth-order valence-electron chi connectivity index (χ4n) is 3.47. The number of aromatic nitrogens is 3. The van der Waals surface area contributed by atoms with Crippen LogP contribution >= 0.6 is 11.3 Å². The highest BCUT2D eigenvalue weighted by atomic mass is 32.1. The van der Waals surface area contributed by atoms with Gasteiger partial charge in [-0.1, -0.05) is 17.4 Å². The van der Waals surface area contributed by atoms with Gasteiger partial charge in [0.15, 0.2) is 0 Å². The molecule has 142 valence electrons.